The van der Waals surface area contributed by atoms with Crippen molar-refractivity contribution >= 4 is 11.9 Å². The molecular weight excluding hydrogens is 311 g/mol. The molecule has 0 saturated carbocycles. The molecule has 0 aliphatic carbocycles. The Morgan fingerprint density at radius 1 is 1.26 bits per heavy atom. The van der Waals surface area contributed by atoms with E-state index >= 15 is 0 Å². The van der Waals surface area contributed by atoms with Gasteiger partial charge in [0.15, 0.2) is 0 Å². The molecule has 0 heterocycles. The Balaban J connectivity index is 3.28. The highest BCUT2D eigenvalue weighted by molar-refractivity contribution is 5.84. The second kappa shape index (κ2) is 8.22. The van der Waals surface area contributed by atoms with Gasteiger partial charge >= 0.3 is 12.1 Å². The van der Waals surface area contributed by atoms with E-state index in [1.54, 1.807) is 25.1 Å². The lowest BCUT2D eigenvalue weighted by molar-refractivity contribution is -0.147. The monoisotopic (exact) mass is 327 g/mol. The zero-order valence-corrected chi connectivity index (χ0v) is 12.6. The number of alkyl halides is 3. The van der Waals surface area contributed by atoms with Gasteiger partial charge in [-0.1, -0.05) is 36.3 Å². The molecule has 0 spiro atoms. The third-order valence-corrected chi connectivity index (χ3v) is 2.76. The van der Waals surface area contributed by atoms with Crippen LogP contribution in [0.3, 0.4) is 0 Å². The summed E-state index contributed by atoms with van der Waals surface area (Å²) in [5.74, 6) is 0.601. The van der Waals surface area contributed by atoms with Gasteiger partial charge in [0.2, 0.25) is 5.91 Å². The highest BCUT2D eigenvalue weighted by atomic mass is 19.4. The zero-order valence-electron chi connectivity index (χ0n) is 12.6. The number of hydrogen-bond donors (Lipinski definition) is 1. The van der Waals surface area contributed by atoms with Crippen LogP contribution in [0.4, 0.5) is 13.2 Å². The van der Waals surface area contributed by atoms with E-state index in [-0.39, 0.29) is 6.61 Å². The fraction of sp³-hybridized carbons (Fsp3) is 0.375. The van der Waals surface area contributed by atoms with Crippen LogP contribution in [0.15, 0.2) is 30.3 Å². The fourth-order valence-corrected chi connectivity index (χ4v) is 1.91. The lowest BCUT2D eigenvalue weighted by Gasteiger charge is -2.22. The predicted molar refractivity (Wildman–Crippen MR) is 77.3 cm³/mol. The van der Waals surface area contributed by atoms with Gasteiger partial charge in [-0.15, -0.1) is 0 Å². The molecule has 0 aliphatic heterocycles. The lowest BCUT2D eigenvalue weighted by Crippen LogP contribution is -2.44. The molecule has 7 heteroatoms. The molecule has 0 unspecified atom stereocenters. The van der Waals surface area contributed by atoms with Crippen molar-refractivity contribution < 1.29 is 27.5 Å². The van der Waals surface area contributed by atoms with Gasteiger partial charge < -0.3 is 10.1 Å². The van der Waals surface area contributed by atoms with E-state index in [0.717, 1.165) is 12.8 Å². The number of nitrogens with one attached hydrogen (secondary N) is 1. The van der Waals surface area contributed by atoms with Gasteiger partial charge in [0.1, 0.15) is 6.04 Å². The predicted octanol–water partition coefficient (Wildman–Crippen LogP) is 2.40. The van der Waals surface area contributed by atoms with Crippen LogP contribution in [0.25, 0.3) is 0 Å². The fourth-order valence-electron chi connectivity index (χ4n) is 1.91. The van der Waals surface area contributed by atoms with E-state index in [9.17, 15) is 22.8 Å². The smallest absolute Gasteiger partial charge is 0.457 e. The number of hydrogen-bond acceptors (Lipinski definition) is 3. The second-order valence-electron chi connectivity index (χ2n) is 4.59. The van der Waals surface area contributed by atoms with E-state index in [1.165, 1.54) is 12.1 Å². The average molecular weight is 327 g/mol. The summed E-state index contributed by atoms with van der Waals surface area (Å²) in [5.41, 5.74) is 0.371. The molecular formula is C16H16F3NO3. The zero-order chi connectivity index (χ0) is 17.5. The van der Waals surface area contributed by atoms with Crippen LogP contribution in [-0.4, -0.2) is 30.7 Å². The first-order valence-electron chi connectivity index (χ1n) is 6.82. The Hall–Kier alpha value is -2.49. The highest BCUT2D eigenvalue weighted by Crippen LogP contribution is 2.22. The van der Waals surface area contributed by atoms with Crippen LogP contribution in [0.2, 0.25) is 0 Å². The van der Waals surface area contributed by atoms with Crippen LogP contribution in [-0.2, 0) is 14.3 Å². The summed E-state index contributed by atoms with van der Waals surface area (Å²) >= 11 is 0. The van der Waals surface area contributed by atoms with Crippen LogP contribution >= 0.6 is 0 Å². The number of rotatable bonds is 5. The van der Waals surface area contributed by atoms with Crippen molar-refractivity contribution in [3.63, 3.8) is 0 Å². The van der Waals surface area contributed by atoms with Crippen molar-refractivity contribution in [1.29, 1.82) is 0 Å². The van der Waals surface area contributed by atoms with Gasteiger partial charge in [-0.3, -0.25) is 4.79 Å². The van der Waals surface area contributed by atoms with Gasteiger partial charge in [0.05, 0.1) is 12.5 Å². The topological polar surface area (TPSA) is 55.4 Å². The van der Waals surface area contributed by atoms with E-state index in [1.807, 2.05) is 5.92 Å². The molecule has 0 bridgehead atoms. The van der Waals surface area contributed by atoms with Gasteiger partial charge in [0, 0.05) is 12.8 Å². The number of esters is 1. The number of benzene rings is 1. The van der Waals surface area contributed by atoms with Gasteiger partial charge in [-0.05, 0) is 12.5 Å². The molecule has 4 nitrogen and oxygen atoms in total. The van der Waals surface area contributed by atoms with Crippen molar-refractivity contribution in [2.75, 3.05) is 6.61 Å². The van der Waals surface area contributed by atoms with E-state index in [2.05, 4.69) is 5.32 Å². The maximum Gasteiger partial charge on any atom is 0.457 e. The van der Waals surface area contributed by atoms with E-state index in [4.69, 9.17) is 4.74 Å². The number of halogens is 3. The van der Waals surface area contributed by atoms with Crippen LogP contribution in [0, 0.1) is 11.8 Å². The molecule has 1 N–H and O–H groups in total. The average Bonchev–Trinajstić information content (AvgIpc) is 2.46. The first kappa shape index (κ1) is 18.6. The molecule has 1 amide bonds. The van der Waals surface area contributed by atoms with E-state index in [0.29, 0.717) is 5.56 Å². The minimum atomic E-state index is -4.71. The summed E-state index contributed by atoms with van der Waals surface area (Å²) in [6, 6.07) is 6.62. The molecule has 23 heavy (non-hydrogen) atoms. The normalized spacial score (nSPS) is 13.3. The summed E-state index contributed by atoms with van der Waals surface area (Å²) in [6.07, 6.45) is -4.71. The van der Waals surface area contributed by atoms with Crippen LogP contribution in [0.1, 0.15) is 25.3 Å². The maximum absolute atomic E-state index is 12.4. The van der Waals surface area contributed by atoms with Gasteiger partial charge in [0.25, 0.3) is 0 Å². The Morgan fingerprint density at radius 2 is 1.87 bits per heavy atom. The second-order valence-corrected chi connectivity index (χ2v) is 4.59. The summed E-state index contributed by atoms with van der Waals surface area (Å²) in [5, 5.41) is 2.32. The SMILES string of the molecule is CCOC(=O)[C@@H](NC(C)=O)[C@@H](C#CC(F)(F)F)c1ccccc1. The van der Waals surface area contributed by atoms with Crippen molar-refractivity contribution in [3.05, 3.63) is 35.9 Å². The summed E-state index contributed by atoms with van der Waals surface area (Å²) < 4.78 is 42.1. The first-order chi connectivity index (χ1) is 10.7. The van der Waals surface area contributed by atoms with Crippen molar-refractivity contribution in [1.82, 2.24) is 5.32 Å². The summed E-state index contributed by atoms with van der Waals surface area (Å²) in [4.78, 5) is 23.3. The molecule has 1 aromatic rings. The Labute approximate surface area is 132 Å². The minimum Gasteiger partial charge on any atom is -0.464 e. The molecule has 0 aliphatic rings. The Morgan fingerprint density at radius 3 is 2.35 bits per heavy atom. The van der Waals surface area contributed by atoms with Gasteiger partial charge in [-0.25, -0.2) is 4.79 Å². The first-order valence-corrected chi connectivity index (χ1v) is 6.82. The molecule has 0 aromatic heterocycles. The van der Waals surface area contributed by atoms with Crippen molar-refractivity contribution in [2.24, 2.45) is 0 Å². The minimum absolute atomic E-state index is 0.0309. The quantitative estimate of drug-likeness (QED) is 0.667. The molecule has 0 radical (unpaired) electrons. The molecule has 1 rings (SSSR count). The lowest BCUT2D eigenvalue weighted by atomic mass is 9.91. The van der Waals surface area contributed by atoms with Crippen LogP contribution in [0.5, 0.6) is 0 Å². The highest BCUT2D eigenvalue weighted by Gasteiger charge is 2.32. The number of ether oxygens (including phenoxy) is 1. The van der Waals surface area contributed by atoms with E-state index < -0.39 is 30.0 Å². The van der Waals surface area contributed by atoms with Gasteiger partial charge in [-0.2, -0.15) is 13.2 Å². The molecule has 1 aromatic carbocycles. The Bertz CT molecular complexity index is 602. The number of carbonyl (C=O) groups excluding carboxylic acids is 2. The molecule has 124 valence electrons. The number of carbonyl (C=O) groups is 2. The Kier molecular flexibility index (Phi) is 6.64. The van der Waals surface area contributed by atoms with Crippen LogP contribution < -0.4 is 5.32 Å². The standard InChI is InChI=1S/C16H16F3NO3/c1-3-23-15(22)14(20-11(2)21)13(9-10-16(17,18)19)12-7-5-4-6-8-12/h4-8,13-14H,3H2,1-2H3,(H,20,21)/t13-,14-/m0/s1. The summed E-state index contributed by atoms with van der Waals surface area (Å²) in [6.45, 7) is 2.75. The summed E-state index contributed by atoms with van der Waals surface area (Å²) in [7, 11) is 0. The molecule has 0 saturated heterocycles. The maximum atomic E-state index is 12.4. The molecule has 0 fully saturated rings. The third kappa shape index (κ3) is 6.43. The largest absolute Gasteiger partial charge is 0.464 e. The number of amides is 1. The third-order valence-electron chi connectivity index (χ3n) is 2.76. The van der Waals surface area contributed by atoms with Crippen molar-refractivity contribution in [2.45, 2.75) is 32.0 Å². The molecule has 2 atom stereocenters. The van der Waals surface area contributed by atoms with Crippen molar-refractivity contribution in [3.8, 4) is 11.8 Å².